The number of carbonyl (C=O) groups excluding carboxylic acids is 2. The van der Waals surface area contributed by atoms with Gasteiger partial charge in [-0.25, -0.2) is 5.01 Å². The first kappa shape index (κ1) is 19.8. The van der Waals surface area contributed by atoms with Crippen LogP contribution >= 0.6 is 11.6 Å². The van der Waals surface area contributed by atoms with Crippen molar-refractivity contribution in [3.05, 3.63) is 65.0 Å². The van der Waals surface area contributed by atoms with Crippen LogP contribution in [-0.2, 0) is 9.59 Å². The van der Waals surface area contributed by atoms with Crippen molar-refractivity contribution in [3.8, 4) is 11.4 Å². The van der Waals surface area contributed by atoms with Gasteiger partial charge in [0.15, 0.2) is 0 Å². The van der Waals surface area contributed by atoms with Crippen molar-refractivity contribution in [2.24, 2.45) is 5.10 Å². The SMILES string of the molecule is Cc1cc(NC(=O)CN2N=C(c3nc(-c4ccccc4)no3)CCC2=O)ccc1Cl. The quantitative estimate of drug-likeness (QED) is 0.674. The molecule has 0 saturated carbocycles. The Labute approximate surface area is 177 Å². The Balaban J connectivity index is 1.47. The summed E-state index contributed by atoms with van der Waals surface area (Å²) < 4.78 is 5.32. The largest absolute Gasteiger partial charge is 0.332 e. The minimum Gasteiger partial charge on any atom is -0.332 e. The average molecular weight is 424 g/mol. The second-order valence-corrected chi connectivity index (χ2v) is 7.21. The lowest BCUT2D eigenvalue weighted by Crippen LogP contribution is -2.38. The number of nitrogens with one attached hydrogen (secondary N) is 1. The molecular formula is C21H18ClN5O3. The molecule has 3 aromatic rings. The average Bonchev–Trinajstić information content (AvgIpc) is 3.23. The molecule has 0 atom stereocenters. The molecule has 0 aliphatic carbocycles. The second-order valence-electron chi connectivity index (χ2n) is 6.80. The lowest BCUT2D eigenvalue weighted by atomic mass is 10.1. The van der Waals surface area contributed by atoms with E-state index >= 15 is 0 Å². The maximum Gasteiger partial charge on any atom is 0.274 e. The summed E-state index contributed by atoms with van der Waals surface area (Å²) in [5.41, 5.74) is 2.73. The van der Waals surface area contributed by atoms with E-state index in [9.17, 15) is 9.59 Å². The maximum absolute atomic E-state index is 12.4. The van der Waals surface area contributed by atoms with Crippen LogP contribution in [0.15, 0.2) is 58.2 Å². The van der Waals surface area contributed by atoms with E-state index < -0.39 is 0 Å². The zero-order valence-corrected chi connectivity index (χ0v) is 16.9. The Hall–Kier alpha value is -3.52. The number of hydrazone groups is 1. The second kappa shape index (κ2) is 8.46. The van der Waals surface area contributed by atoms with Crippen LogP contribution in [0.5, 0.6) is 0 Å². The van der Waals surface area contributed by atoms with E-state index in [-0.39, 0.29) is 30.7 Å². The van der Waals surface area contributed by atoms with Gasteiger partial charge in [0.1, 0.15) is 12.3 Å². The smallest absolute Gasteiger partial charge is 0.274 e. The van der Waals surface area contributed by atoms with E-state index in [1.54, 1.807) is 18.2 Å². The molecule has 2 heterocycles. The summed E-state index contributed by atoms with van der Waals surface area (Å²) >= 11 is 6.00. The fraction of sp³-hybridized carbons (Fsp3) is 0.190. The predicted octanol–water partition coefficient (Wildman–Crippen LogP) is 3.66. The molecular weight excluding hydrogens is 406 g/mol. The number of halogens is 1. The maximum atomic E-state index is 12.4. The number of anilines is 1. The summed E-state index contributed by atoms with van der Waals surface area (Å²) in [6, 6.07) is 14.6. The highest BCUT2D eigenvalue weighted by Gasteiger charge is 2.26. The third-order valence-electron chi connectivity index (χ3n) is 4.54. The summed E-state index contributed by atoms with van der Waals surface area (Å²) in [5.74, 6) is 0.0576. The highest BCUT2D eigenvalue weighted by atomic mass is 35.5. The van der Waals surface area contributed by atoms with E-state index in [1.807, 2.05) is 37.3 Å². The van der Waals surface area contributed by atoms with Gasteiger partial charge in [0.05, 0.1) is 0 Å². The first-order valence-corrected chi connectivity index (χ1v) is 9.71. The van der Waals surface area contributed by atoms with Gasteiger partial charge < -0.3 is 9.84 Å². The number of carbonyl (C=O) groups is 2. The minimum atomic E-state index is -0.370. The van der Waals surface area contributed by atoms with Gasteiger partial charge in [0, 0.05) is 29.1 Å². The number of nitrogens with zero attached hydrogens (tertiary/aromatic N) is 4. The van der Waals surface area contributed by atoms with Crippen LogP contribution in [0.4, 0.5) is 5.69 Å². The number of benzene rings is 2. The Morgan fingerprint density at radius 3 is 2.77 bits per heavy atom. The molecule has 30 heavy (non-hydrogen) atoms. The highest BCUT2D eigenvalue weighted by Crippen LogP contribution is 2.21. The van der Waals surface area contributed by atoms with Crippen LogP contribution in [0.2, 0.25) is 5.02 Å². The summed E-state index contributed by atoms with van der Waals surface area (Å²) in [7, 11) is 0. The minimum absolute atomic E-state index is 0.204. The first-order chi connectivity index (χ1) is 14.5. The monoisotopic (exact) mass is 423 g/mol. The molecule has 1 N–H and O–H groups in total. The van der Waals surface area contributed by atoms with E-state index in [0.717, 1.165) is 16.1 Å². The molecule has 0 bridgehead atoms. The molecule has 4 rings (SSSR count). The Bertz CT molecular complexity index is 1130. The van der Waals surface area contributed by atoms with Gasteiger partial charge in [-0.1, -0.05) is 47.1 Å². The molecule has 0 saturated heterocycles. The van der Waals surface area contributed by atoms with Crippen LogP contribution in [0, 0.1) is 6.92 Å². The van der Waals surface area contributed by atoms with Crippen LogP contribution < -0.4 is 5.32 Å². The fourth-order valence-electron chi connectivity index (χ4n) is 2.98. The van der Waals surface area contributed by atoms with Crippen molar-refractivity contribution in [2.45, 2.75) is 19.8 Å². The van der Waals surface area contributed by atoms with Crippen molar-refractivity contribution in [2.75, 3.05) is 11.9 Å². The molecule has 0 fully saturated rings. The third kappa shape index (κ3) is 4.38. The molecule has 0 radical (unpaired) electrons. The molecule has 9 heteroatoms. The van der Waals surface area contributed by atoms with E-state index in [1.165, 1.54) is 0 Å². The summed E-state index contributed by atoms with van der Waals surface area (Å²) in [6.07, 6.45) is 0.568. The van der Waals surface area contributed by atoms with Gasteiger partial charge in [-0.15, -0.1) is 0 Å². The van der Waals surface area contributed by atoms with Crippen LogP contribution in [0.1, 0.15) is 24.3 Å². The van der Waals surface area contributed by atoms with Crippen molar-refractivity contribution < 1.29 is 14.1 Å². The number of hydrogen-bond acceptors (Lipinski definition) is 6. The van der Waals surface area contributed by atoms with Crippen molar-refractivity contribution in [3.63, 3.8) is 0 Å². The lowest BCUT2D eigenvalue weighted by molar-refractivity contribution is -0.135. The first-order valence-electron chi connectivity index (χ1n) is 9.33. The molecule has 0 unspecified atom stereocenters. The molecule has 152 valence electrons. The summed E-state index contributed by atoms with van der Waals surface area (Å²) in [4.78, 5) is 29.0. The normalized spacial score (nSPS) is 13.9. The number of amides is 2. The van der Waals surface area contributed by atoms with Crippen molar-refractivity contribution >= 4 is 34.8 Å². The topological polar surface area (TPSA) is 101 Å². The molecule has 1 aromatic heterocycles. The van der Waals surface area contributed by atoms with Gasteiger partial charge in [-0.2, -0.15) is 10.1 Å². The van der Waals surface area contributed by atoms with Gasteiger partial charge in [0.2, 0.25) is 17.6 Å². The standard InChI is InChI=1S/C21H18ClN5O3/c1-13-11-15(7-8-16(13)22)23-18(28)12-27-19(29)10-9-17(25-27)21-24-20(26-30-21)14-5-3-2-4-6-14/h2-8,11H,9-10,12H2,1H3,(H,23,28). The van der Waals surface area contributed by atoms with Gasteiger partial charge in [0.25, 0.3) is 5.89 Å². The highest BCUT2D eigenvalue weighted by molar-refractivity contribution is 6.31. The predicted molar refractivity (Wildman–Crippen MR) is 112 cm³/mol. The van der Waals surface area contributed by atoms with Crippen molar-refractivity contribution in [1.82, 2.24) is 15.1 Å². The summed E-state index contributed by atoms with van der Waals surface area (Å²) in [6.45, 7) is 1.63. The fourth-order valence-corrected chi connectivity index (χ4v) is 3.10. The third-order valence-corrected chi connectivity index (χ3v) is 4.97. The molecule has 0 spiro atoms. The van der Waals surface area contributed by atoms with Gasteiger partial charge in [-0.05, 0) is 30.7 Å². The van der Waals surface area contributed by atoms with Crippen LogP contribution in [-0.4, -0.2) is 39.2 Å². The van der Waals surface area contributed by atoms with E-state index in [0.29, 0.717) is 28.7 Å². The Kier molecular flexibility index (Phi) is 5.58. The van der Waals surface area contributed by atoms with E-state index in [2.05, 4.69) is 20.6 Å². The number of aryl methyl sites for hydroxylation is 1. The number of rotatable bonds is 5. The van der Waals surface area contributed by atoms with Gasteiger partial charge in [-0.3, -0.25) is 9.59 Å². The molecule has 2 amide bonds. The molecule has 1 aliphatic heterocycles. The van der Waals surface area contributed by atoms with Crippen LogP contribution in [0.3, 0.4) is 0 Å². The molecule has 8 nitrogen and oxygen atoms in total. The summed E-state index contributed by atoms with van der Waals surface area (Å²) in [5, 5.41) is 12.7. The van der Waals surface area contributed by atoms with Crippen molar-refractivity contribution in [1.29, 1.82) is 0 Å². The van der Waals surface area contributed by atoms with E-state index in [4.69, 9.17) is 16.1 Å². The Morgan fingerprint density at radius 1 is 1.20 bits per heavy atom. The Morgan fingerprint density at radius 2 is 2.00 bits per heavy atom. The molecule has 2 aromatic carbocycles. The van der Waals surface area contributed by atoms with Gasteiger partial charge >= 0.3 is 0 Å². The zero-order valence-electron chi connectivity index (χ0n) is 16.1. The number of aromatic nitrogens is 2. The molecule has 1 aliphatic rings. The zero-order chi connectivity index (χ0) is 21.1. The van der Waals surface area contributed by atoms with Crippen LogP contribution in [0.25, 0.3) is 11.4 Å². The number of hydrogen-bond donors (Lipinski definition) is 1. The lowest BCUT2D eigenvalue weighted by Gasteiger charge is -2.21.